The Morgan fingerprint density at radius 2 is 1.70 bits per heavy atom. The minimum Gasteiger partial charge on any atom is -0.368 e. The molecule has 2 rings (SSSR count). The lowest BCUT2D eigenvalue weighted by Crippen LogP contribution is -2.42. The Kier molecular flexibility index (Phi) is 4.29. The first-order valence-electron chi connectivity index (χ1n) is 7.01. The molecule has 0 radical (unpaired) electrons. The van der Waals surface area contributed by atoms with E-state index in [2.05, 4.69) is 23.8 Å². The van der Waals surface area contributed by atoms with Crippen LogP contribution in [0.15, 0.2) is 17.3 Å². The molecule has 0 aliphatic carbocycles. The third-order valence-corrected chi connectivity index (χ3v) is 6.42. The maximum absolute atomic E-state index is 12.5. The first-order valence-corrected chi connectivity index (χ1v) is 8.45. The smallest absolute Gasteiger partial charge is 0.246 e. The van der Waals surface area contributed by atoms with Crippen LogP contribution in [0.2, 0.25) is 0 Å². The van der Waals surface area contributed by atoms with Crippen LogP contribution in [0, 0.1) is 5.41 Å². The van der Waals surface area contributed by atoms with Crippen molar-refractivity contribution in [3.8, 4) is 0 Å². The van der Waals surface area contributed by atoms with Gasteiger partial charge < -0.3 is 5.73 Å². The van der Waals surface area contributed by atoms with Crippen LogP contribution in [0.25, 0.3) is 0 Å². The summed E-state index contributed by atoms with van der Waals surface area (Å²) >= 11 is 0. The van der Waals surface area contributed by atoms with Crippen molar-refractivity contribution >= 4 is 16.0 Å². The Bertz CT molecular complexity index is 542. The van der Waals surface area contributed by atoms with Crippen molar-refractivity contribution in [1.82, 2.24) is 14.3 Å². The van der Waals surface area contributed by atoms with Crippen LogP contribution in [-0.4, -0.2) is 35.8 Å². The van der Waals surface area contributed by atoms with Crippen molar-refractivity contribution in [3.05, 3.63) is 12.4 Å². The highest BCUT2D eigenvalue weighted by Crippen LogP contribution is 2.39. The maximum atomic E-state index is 12.5. The summed E-state index contributed by atoms with van der Waals surface area (Å²) in [5.41, 5.74) is 5.68. The SMILES string of the molecule is CCC1(CC)CCN(S(=O)(=O)c2cnc(N)nc2)CC1. The molecule has 2 heterocycles. The second-order valence-electron chi connectivity index (χ2n) is 5.39. The number of anilines is 1. The molecular weight excluding hydrogens is 276 g/mol. The normalized spacial score (nSPS) is 19.9. The summed E-state index contributed by atoms with van der Waals surface area (Å²) in [5, 5.41) is 0. The van der Waals surface area contributed by atoms with Crippen molar-refractivity contribution < 1.29 is 8.42 Å². The molecule has 0 saturated carbocycles. The summed E-state index contributed by atoms with van der Waals surface area (Å²) in [6.45, 7) is 5.49. The highest BCUT2D eigenvalue weighted by Gasteiger charge is 2.36. The lowest BCUT2D eigenvalue weighted by Gasteiger charge is -2.40. The second-order valence-corrected chi connectivity index (χ2v) is 7.33. The Hall–Kier alpha value is -1.21. The second kappa shape index (κ2) is 5.65. The van der Waals surface area contributed by atoms with E-state index in [1.54, 1.807) is 0 Å². The highest BCUT2D eigenvalue weighted by molar-refractivity contribution is 7.89. The number of sulfonamides is 1. The van der Waals surface area contributed by atoms with E-state index in [-0.39, 0.29) is 10.8 Å². The van der Waals surface area contributed by atoms with Gasteiger partial charge in [-0.3, -0.25) is 0 Å². The predicted molar refractivity (Wildman–Crippen MR) is 77.5 cm³/mol. The quantitative estimate of drug-likeness (QED) is 0.913. The van der Waals surface area contributed by atoms with Crippen molar-refractivity contribution in [3.63, 3.8) is 0 Å². The van der Waals surface area contributed by atoms with Crippen LogP contribution in [0.4, 0.5) is 5.95 Å². The van der Waals surface area contributed by atoms with Crippen LogP contribution in [0.3, 0.4) is 0 Å². The molecule has 0 bridgehead atoms. The van der Waals surface area contributed by atoms with Crippen molar-refractivity contribution in [2.24, 2.45) is 5.41 Å². The molecule has 0 atom stereocenters. The molecule has 7 heteroatoms. The third kappa shape index (κ3) is 2.78. The number of piperidine rings is 1. The fourth-order valence-corrected chi connectivity index (χ4v) is 4.10. The van der Waals surface area contributed by atoms with E-state index in [0.717, 1.165) is 25.7 Å². The Labute approximate surface area is 120 Å². The van der Waals surface area contributed by atoms with E-state index in [1.807, 2.05) is 0 Å². The van der Waals surface area contributed by atoms with Gasteiger partial charge in [-0.2, -0.15) is 4.31 Å². The molecule has 112 valence electrons. The van der Waals surface area contributed by atoms with Crippen LogP contribution >= 0.6 is 0 Å². The van der Waals surface area contributed by atoms with Gasteiger partial charge in [0.05, 0.1) is 12.4 Å². The van der Waals surface area contributed by atoms with Gasteiger partial charge in [-0.15, -0.1) is 0 Å². The van der Waals surface area contributed by atoms with Gasteiger partial charge in [-0.05, 0) is 18.3 Å². The molecule has 6 nitrogen and oxygen atoms in total. The maximum Gasteiger partial charge on any atom is 0.246 e. The molecule has 2 N–H and O–H groups in total. The molecule has 1 saturated heterocycles. The van der Waals surface area contributed by atoms with Crippen LogP contribution in [0.5, 0.6) is 0 Å². The standard InChI is InChI=1S/C13H22N4O2S/c1-3-13(4-2)5-7-17(8-6-13)20(18,19)11-9-15-12(14)16-10-11/h9-10H,3-8H2,1-2H3,(H2,14,15,16). The average Bonchev–Trinajstić information content (AvgIpc) is 2.47. The minimum atomic E-state index is -3.49. The van der Waals surface area contributed by atoms with E-state index < -0.39 is 10.0 Å². The third-order valence-electron chi connectivity index (χ3n) is 4.57. The zero-order chi connectivity index (χ0) is 14.8. The lowest BCUT2D eigenvalue weighted by atomic mass is 9.75. The van der Waals surface area contributed by atoms with Crippen molar-refractivity contribution in [1.29, 1.82) is 0 Å². The number of nitrogen functional groups attached to an aromatic ring is 1. The van der Waals surface area contributed by atoms with Crippen LogP contribution in [-0.2, 0) is 10.0 Å². The number of nitrogens with two attached hydrogens (primary N) is 1. The van der Waals surface area contributed by atoms with Gasteiger partial charge in [0.2, 0.25) is 16.0 Å². The minimum absolute atomic E-state index is 0.0820. The summed E-state index contributed by atoms with van der Waals surface area (Å²) in [6.07, 6.45) is 6.58. The van der Waals surface area contributed by atoms with Gasteiger partial charge >= 0.3 is 0 Å². The number of hydrogen-bond donors (Lipinski definition) is 1. The summed E-state index contributed by atoms with van der Waals surface area (Å²) in [6, 6.07) is 0. The fourth-order valence-electron chi connectivity index (χ4n) is 2.77. The van der Waals surface area contributed by atoms with E-state index in [0.29, 0.717) is 18.5 Å². The van der Waals surface area contributed by atoms with Gasteiger partial charge in [0.25, 0.3) is 0 Å². The Morgan fingerprint density at radius 1 is 1.20 bits per heavy atom. The molecule has 1 fully saturated rings. The molecular formula is C13H22N4O2S. The Balaban J connectivity index is 2.15. The molecule has 0 spiro atoms. The largest absolute Gasteiger partial charge is 0.368 e. The molecule has 20 heavy (non-hydrogen) atoms. The number of rotatable bonds is 4. The first-order chi connectivity index (χ1) is 9.43. The topological polar surface area (TPSA) is 89.2 Å². The van der Waals surface area contributed by atoms with Crippen LogP contribution < -0.4 is 5.73 Å². The van der Waals surface area contributed by atoms with Gasteiger partial charge in [-0.25, -0.2) is 18.4 Å². The summed E-state index contributed by atoms with van der Waals surface area (Å²) in [5.74, 6) is 0.0820. The van der Waals surface area contributed by atoms with E-state index in [9.17, 15) is 8.42 Å². The molecule has 0 unspecified atom stereocenters. The predicted octanol–water partition coefficient (Wildman–Crippen LogP) is 1.65. The zero-order valence-corrected chi connectivity index (χ0v) is 12.9. The Morgan fingerprint density at radius 3 is 2.15 bits per heavy atom. The average molecular weight is 298 g/mol. The molecule has 0 amide bonds. The van der Waals surface area contributed by atoms with Gasteiger partial charge in [0.1, 0.15) is 4.90 Å². The van der Waals surface area contributed by atoms with E-state index in [1.165, 1.54) is 16.7 Å². The molecule has 1 aromatic heterocycles. The molecule has 1 aliphatic heterocycles. The van der Waals surface area contributed by atoms with Crippen molar-refractivity contribution in [2.75, 3.05) is 18.8 Å². The molecule has 1 aromatic rings. The summed E-state index contributed by atoms with van der Waals surface area (Å²) < 4.78 is 26.5. The molecule has 0 aromatic carbocycles. The number of aromatic nitrogens is 2. The van der Waals surface area contributed by atoms with Crippen LogP contribution in [0.1, 0.15) is 39.5 Å². The lowest BCUT2D eigenvalue weighted by molar-refractivity contribution is 0.141. The fraction of sp³-hybridized carbons (Fsp3) is 0.692. The summed E-state index contributed by atoms with van der Waals surface area (Å²) in [7, 11) is -3.49. The summed E-state index contributed by atoms with van der Waals surface area (Å²) in [4.78, 5) is 7.64. The first kappa shape index (κ1) is 15.2. The number of nitrogens with zero attached hydrogens (tertiary/aromatic N) is 3. The van der Waals surface area contributed by atoms with Gasteiger partial charge in [0.15, 0.2) is 0 Å². The number of hydrogen-bond acceptors (Lipinski definition) is 5. The molecule has 1 aliphatic rings. The highest BCUT2D eigenvalue weighted by atomic mass is 32.2. The monoisotopic (exact) mass is 298 g/mol. The van der Waals surface area contributed by atoms with Crippen molar-refractivity contribution in [2.45, 2.75) is 44.4 Å². The van der Waals surface area contributed by atoms with Gasteiger partial charge in [0, 0.05) is 13.1 Å². The van der Waals surface area contributed by atoms with E-state index >= 15 is 0 Å². The van der Waals surface area contributed by atoms with E-state index in [4.69, 9.17) is 5.73 Å². The van der Waals surface area contributed by atoms with Gasteiger partial charge in [-0.1, -0.05) is 26.7 Å². The zero-order valence-electron chi connectivity index (χ0n) is 12.0.